The first-order chi connectivity index (χ1) is 14.3. The van der Waals surface area contributed by atoms with E-state index in [9.17, 15) is 23.1 Å². The number of ketones is 1. The molecule has 0 spiro atoms. The first-order valence-corrected chi connectivity index (χ1v) is 11.5. The molecule has 2 atom stereocenters. The summed E-state index contributed by atoms with van der Waals surface area (Å²) >= 11 is 3.62. The fourth-order valence-corrected chi connectivity index (χ4v) is 4.78. The van der Waals surface area contributed by atoms with E-state index in [-0.39, 0.29) is 11.5 Å². The highest BCUT2D eigenvalue weighted by atomic mass is 79.9. The van der Waals surface area contributed by atoms with Gasteiger partial charge in [-0.05, 0) is 24.1 Å². The molecular formula is C19H19BrF3NO6S. The number of hydrogen-bond acceptors (Lipinski definition) is 6. The lowest BCUT2D eigenvalue weighted by Crippen LogP contribution is -2.46. The Balaban J connectivity index is 0.000000293. The highest BCUT2D eigenvalue weighted by Gasteiger charge is 2.43. The van der Waals surface area contributed by atoms with Gasteiger partial charge in [0.25, 0.3) is 0 Å². The molecule has 1 saturated heterocycles. The van der Waals surface area contributed by atoms with Gasteiger partial charge in [0.15, 0.2) is 39.7 Å². The molecule has 170 valence electrons. The number of ether oxygens (including phenoxy) is 1. The zero-order valence-corrected chi connectivity index (χ0v) is 18.7. The van der Waals surface area contributed by atoms with Gasteiger partial charge in [0.1, 0.15) is 6.54 Å². The molecule has 31 heavy (non-hydrogen) atoms. The van der Waals surface area contributed by atoms with Crippen molar-refractivity contribution in [3.63, 3.8) is 0 Å². The summed E-state index contributed by atoms with van der Waals surface area (Å²) in [6, 6.07) is 2.21. The second-order valence-corrected chi connectivity index (χ2v) is 9.65. The van der Waals surface area contributed by atoms with Gasteiger partial charge in [-0.1, -0.05) is 21.5 Å². The number of allylic oxidation sites excluding steroid dienone is 1. The molecule has 1 aliphatic carbocycles. The van der Waals surface area contributed by atoms with Crippen molar-refractivity contribution >= 4 is 38.0 Å². The third kappa shape index (κ3) is 4.80. The molecule has 0 aromatic heterocycles. The smallest absolute Gasteiger partial charge is 0.485 e. The normalized spacial score (nSPS) is 22.7. The van der Waals surface area contributed by atoms with E-state index in [2.05, 4.69) is 26.7 Å². The largest absolute Gasteiger partial charge is 0.741 e. The van der Waals surface area contributed by atoms with E-state index in [1.165, 1.54) is 5.57 Å². The number of benzene rings is 1. The van der Waals surface area contributed by atoms with Gasteiger partial charge in [-0.15, -0.1) is 0 Å². The molecule has 0 radical (unpaired) electrons. The third-order valence-corrected chi connectivity index (χ3v) is 6.92. The molecule has 2 aliphatic heterocycles. The molecular weight excluding hydrogens is 507 g/mol. The van der Waals surface area contributed by atoms with Gasteiger partial charge in [-0.3, -0.25) is 4.79 Å². The lowest BCUT2D eigenvalue weighted by atomic mass is 9.74. The van der Waals surface area contributed by atoms with Crippen molar-refractivity contribution in [2.75, 3.05) is 13.7 Å². The molecule has 1 aromatic carbocycles. The molecule has 3 aliphatic rings. The number of aromatic hydroxyl groups is 1. The molecule has 0 bridgehead atoms. The Morgan fingerprint density at radius 2 is 1.97 bits per heavy atom. The summed E-state index contributed by atoms with van der Waals surface area (Å²) in [5.74, 6) is 1.42. The van der Waals surface area contributed by atoms with Crippen molar-refractivity contribution in [2.45, 2.75) is 37.2 Å². The quantitative estimate of drug-likeness (QED) is 0.343. The minimum atomic E-state index is -6.09. The Kier molecular flexibility index (Phi) is 6.55. The molecule has 0 saturated carbocycles. The fourth-order valence-electron chi connectivity index (χ4n) is 4.19. The van der Waals surface area contributed by atoms with Gasteiger partial charge in [-0.2, -0.15) is 13.2 Å². The van der Waals surface area contributed by atoms with Gasteiger partial charge in [-0.25, -0.2) is 13.0 Å². The Hall–Kier alpha value is -1.92. The van der Waals surface area contributed by atoms with Gasteiger partial charge in [0, 0.05) is 29.7 Å². The summed E-state index contributed by atoms with van der Waals surface area (Å²) in [5.41, 5.74) is -2.35. The summed E-state index contributed by atoms with van der Waals surface area (Å²) in [4.78, 5) is 11.7. The van der Waals surface area contributed by atoms with E-state index in [0.29, 0.717) is 24.1 Å². The Morgan fingerprint density at radius 1 is 1.32 bits per heavy atom. The van der Waals surface area contributed by atoms with Gasteiger partial charge < -0.3 is 14.4 Å². The summed E-state index contributed by atoms with van der Waals surface area (Å²) in [6.07, 6.45) is 7.35. The van der Waals surface area contributed by atoms with Crippen molar-refractivity contribution in [3.8, 4) is 11.5 Å². The Labute approximate surface area is 185 Å². The number of phenolic OH excluding ortho intramolecular Hbond substituents is 1. The number of piperidine rings is 1. The van der Waals surface area contributed by atoms with Crippen LogP contribution in [0.15, 0.2) is 22.2 Å². The maximum atomic E-state index is 11.7. The van der Waals surface area contributed by atoms with Crippen LogP contribution in [-0.2, 0) is 21.3 Å². The number of halogens is 4. The zero-order chi connectivity index (χ0) is 23.1. The van der Waals surface area contributed by atoms with Crippen LogP contribution in [0.4, 0.5) is 13.2 Å². The van der Waals surface area contributed by atoms with Gasteiger partial charge in [0.05, 0.1) is 12.7 Å². The lowest BCUT2D eigenvalue weighted by Gasteiger charge is -2.36. The maximum Gasteiger partial charge on any atom is 0.485 e. The maximum absolute atomic E-state index is 11.7. The molecule has 1 fully saturated rings. The van der Waals surface area contributed by atoms with Crippen LogP contribution in [0.5, 0.6) is 11.5 Å². The third-order valence-electron chi connectivity index (χ3n) is 5.64. The number of carbonyl (C=O) groups is 1. The number of nitrogens with zero attached hydrogens (tertiary/aromatic N) is 1. The van der Waals surface area contributed by atoms with E-state index in [1.807, 2.05) is 12.1 Å². The molecule has 4 rings (SSSR count). The number of methoxy groups -OCH3 is 1. The minimum Gasteiger partial charge on any atom is -0.741 e. The van der Waals surface area contributed by atoms with Crippen LogP contribution in [0, 0.1) is 5.92 Å². The van der Waals surface area contributed by atoms with Crippen LogP contribution < -0.4 is 4.74 Å². The standard InChI is InChI=1S/C18H18BrNO3.CHF3O3S/c1-23-17-8-15(19)13-7-16-12-3-2-11(21)6-10(12)4-5-20(16)9-14(13)18(17)22;2-1(3,4)8(5,6)7/h6,8-9,12,16H,2-5,7H2,1H3;(H,5,6,7). The van der Waals surface area contributed by atoms with Crippen molar-refractivity contribution in [1.29, 1.82) is 0 Å². The molecule has 12 heteroatoms. The monoisotopic (exact) mass is 525 g/mol. The van der Waals surface area contributed by atoms with Crippen LogP contribution >= 0.6 is 15.9 Å². The van der Waals surface area contributed by atoms with Crippen LogP contribution in [0.2, 0.25) is 0 Å². The number of phenols is 1. The van der Waals surface area contributed by atoms with E-state index in [1.54, 1.807) is 7.11 Å². The van der Waals surface area contributed by atoms with E-state index in [0.717, 1.165) is 41.4 Å². The summed E-state index contributed by atoms with van der Waals surface area (Å²) in [7, 11) is -4.52. The summed E-state index contributed by atoms with van der Waals surface area (Å²) < 4.78 is 67.5. The Bertz CT molecular complexity index is 1080. The number of hydrogen-bond donors (Lipinski definition) is 1. The van der Waals surface area contributed by atoms with Gasteiger partial charge in [0.2, 0.25) is 0 Å². The van der Waals surface area contributed by atoms with Crippen molar-refractivity contribution in [1.82, 2.24) is 0 Å². The number of carbonyl (C=O) groups excluding carboxylic acids is 1. The van der Waals surface area contributed by atoms with Crippen molar-refractivity contribution in [2.24, 2.45) is 5.92 Å². The second kappa shape index (κ2) is 8.55. The fraction of sp³-hybridized carbons (Fsp3) is 0.474. The van der Waals surface area contributed by atoms with Crippen LogP contribution in [0.25, 0.3) is 0 Å². The summed E-state index contributed by atoms with van der Waals surface area (Å²) in [6.45, 7) is 0.897. The minimum absolute atomic E-state index is 0.212. The Morgan fingerprint density at radius 3 is 2.55 bits per heavy atom. The predicted molar refractivity (Wildman–Crippen MR) is 106 cm³/mol. The zero-order valence-electron chi connectivity index (χ0n) is 16.3. The van der Waals surface area contributed by atoms with Crippen LogP contribution in [-0.4, -0.2) is 59.9 Å². The van der Waals surface area contributed by atoms with E-state index in [4.69, 9.17) is 17.7 Å². The van der Waals surface area contributed by atoms with Gasteiger partial charge >= 0.3 is 5.51 Å². The van der Waals surface area contributed by atoms with Crippen molar-refractivity contribution < 1.29 is 45.4 Å². The van der Waals surface area contributed by atoms with E-state index < -0.39 is 15.6 Å². The molecule has 2 unspecified atom stereocenters. The average molecular weight is 526 g/mol. The number of fused-ring (bicyclic) bond motifs is 4. The van der Waals surface area contributed by atoms with Crippen LogP contribution in [0.3, 0.4) is 0 Å². The van der Waals surface area contributed by atoms with E-state index >= 15 is 0 Å². The first kappa shape index (κ1) is 23.7. The lowest BCUT2D eigenvalue weighted by molar-refractivity contribution is -0.577. The first-order valence-electron chi connectivity index (χ1n) is 9.28. The molecule has 2 heterocycles. The molecule has 0 amide bonds. The van der Waals surface area contributed by atoms with Crippen LogP contribution in [0.1, 0.15) is 30.4 Å². The number of alkyl halides is 3. The molecule has 7 nitrogen and oxygen atoms in total. The number of rotatable bonds is 1. The highest BCUT2D eigenvalue weighted by Crippen LogP contribution is 2.42. The second-order valence-electron chi connectivity index (χ2n) is 7.42. The highest BCUT2D eigenvalue weighted by molar-refractivity contribution is 9.10. The molecule has 1 N–H and O–H groups in total. The SMILES string of the molecule is COc1cc(Br)c2c(c1O)C=[N+]1CCC3=CC(=O)CCC3C1C2.O=S(=O)([O-])C(F)(F)F. The predicted octanol–water partition coefficient (Wildman–Crippen LogP) is 2.88. The van der Waals surface area contributed by atoms with Crippen molar-refractivity contribution in [3.05, 3.63) is 33.3 Å². The average Bonchev–Trinajstić information content (AvgIpc) is 2.68. The molecule has 1 aromatic rings. The topological polar surface area (TPSA) is 107 Å². The summed E-state index contributed by atoms with van der Waals surface area (Å²) in [5, 5.41) is 10.5.